The molecule has 0 saturated carbocycles. The lowest BCUT2D eigenvalue weighted by Crippen LogP contribution is -1.95. The van der Waals surface area contributed by atoms with Crippen LogP contribution < -0.4 is 0 Å². The molecule has 0 radical (unpaired) electrons. The monoisotopic (exact) mass is 362 g/mol. The molecule has 18 heavy (non-hydrogen) atoms. The molecule has 1 unspecified atom stereocenters. The fourth-order valence-corrected chi connectivity index (χ4v) is 2.74. The first kappa shape index (κ1) is 14.2. The Labute approximate surface area is 130 Å². The first-order valence-corrected chi connectivity index (χ1v) is 7.32. The second kappa shape index (κ2) is 5.83. The van der Waals surface area contributed by atoms with E-state index < -0.39 is 0 Å². The minimum absolute atomic E-state index is 0.303. The molecule has 0 aliphatic carbocycles. The summed E-state index contributed by atoms with van der Waals surface area (Å²) in [6, 6.07) is 11.3. The lowest BCUT2D eigenvalue weighted by Gasteiger charge is -2.13. The molecule has 0 N–H and O–H groups in total. The first-order valence-electron chi connectivity index (χ1n) is 5.34. The fourth-order valence-electron chi connectivity index (χ4n) is 1.71. The van der Waals surface area contributed by atoms with Crippen LogP contribution >= 0.6 is 50.7 Å². The van der Waals surface area contributed by atoms with E-state index in [-0.39, 0.29) is 5.38 Å². The van der Waals surface area contributed by atoms with Crippen LogP contribution in [-0.4, -0.2) is 0 Å². The highest BCUT2D eigenvalue weighted by molar-refractivity contribution is 9.10. The van der Waals surface area contributed by atoms with Gasteiger partial charge in [-0.3, -0.25) is 0 Å². The van der Waals surface area contributed by atoms with Crippen LogP contribution in [0.5, 0.6) is 0 Å². The normalized spacial score (nSPS) is 12.5. The highest BCUT2D eigenvalue weighted by atomic mass is 79.9. The number of rotatable bonds is 2. The minimum atomic E-state index is -0.303. The van der Waals surface area contributed by atoms with Crippen LogP contribution in [0.2, 0.25) is 10.0 Å². The third kappa shape index (κ3) is 3.03. The third-order valence-corrected chi connectivity index (χ3v) is 4.66. The van der Waals surface area contributed by atoms with Crippen LogP contribution in [0.3, 0.4) is 0 Å². The van der Waals surface area contributed by atoms with Gasteiger partial charge in [0.25, 0.3) is 0 Å². The van der Waals surface area contributed by atoms with Gasteiger partial charge in [0, 0.05) is 14.5 Å². The second-order valence-electron chi connectivity index (χ2n) is 4.04. The van der Waals surface area contributed by atoms with Gasteiger partial charge in [-0.15, -0.1) is 11.6 Å². The van der Waals surface area contributed by atoms with E-state index in [0.29, 0.717) is 10.0 Å². The molecule has 2 rings (SSSR count). The summed E-state index contributed by atoms with van der Waals surface area (Å²) in [4.78, 5) is 0. The van der Waals surface area contributed by atoms with Crippen molar-refractivity contribution in [3.8, 4) is 0 Å². The number of hydrogen-bond donors (Lipinski definition) is 0. The quantitative estimate of drug-likeness (QED) is 0.541. The van der Waals surface area contributed by atoms with Crippen molar-refractivity contribution in [1.29, 1.82) is 0 Å². The van der Waals surface area contributed by atoms with Gasteiger partial charge in [-0.1, -0.05) is 51.3 Å². The zero-order valence-electron chi connectivity index (χ0n) is 9.55. The Kier molecular flexibility index (Phi) is 4.60. The Morgan fingerprint density at radius 1 is 1.06 bits per heavy atom. The van der Waals surface area contributed by atoms with Gasteiger partial charge in [0.05, 0.1) is 5.38 Å². The van der Waals surface area contributed by atoms with Crippen LogP contribution in [0.25, 0.3) is 0 Å². The van der Waals surface area contributed by atoms with E-state index in [0.717, 1.165) is 21.2 Å². The Morgan fingerprint density at radius 3 is 2.44 bits per heavy atom. The van der Waals surface area contributed by atoms with Crippen molar-refractivity contribution < 1.29 is 0 Å². The van der Waals surface area contributed by atoms with E-state index in [1.807, 2.05) is 25.1 Å². The molecule has 0 aliphatic rings. The lowest BCUT2D eigenvalue weighted by molar-refractivity contribution is 1.13. The molecule has 0 bridgehead atoms. The molecule has 0 amide bonds. The first-order chi connectivity index (χ1) is 8.49. The topological polar surface area (TPSA) is 0 Å². The van der Waals surface area contributed by atoms with Crippen molar-refractivity contribution in [1.82, 2.24) is 0 Å². The van der Waals surface area contributed by atoms with Crippen LogP contribution in [0.4, 0.5) is 0 Å². The number of alkyl halides is 1. The summed E-state index contributed by atoms with van der Waals surface area (Å²) in [5.41, 5.74) is 2.96. The molecule has 0 nitrogen and oxygen atoms in total. The van der Waals surface area contributed by atoms with Gasteiger partial charge >= 0.3 is 0 Å². The zero-order chi connectivity index (χ0) is 13.3. The predicted octanol–water partition coefficient (Wildman–Crippen LogP) is 6.39. The third-order valence-electron chi connectivity index (χ3n) is 2.71. The smallest absolute Gasteiger partial charge is 0.0850 e. The van der Waals surface area contributed by atoms with Crippen molar-refractivity contribution in [2.75, 3.05) is 0 Å². The van der Waals surface area contributed by atoms with Crippen LogP contribution in [0, 0.1) is 6.92 Å². The van der Waals surface area contributed by atoms with E-state index in [9.17, 15) is 0 Å². The molecule has 2 aromatic carbocycles. The Balaban J connectivity index is 2.44. The Hall–Kier alpha value is -0.210. The number of aryl methyl sites for hydroxylation is 1. The maximum Gasteiger partial charge on any atom is 0.0850 e. The van der Waals surface area contributed by atoms with Crippen molar-refractivity contribution in [3.05, 3.63) is 67.6 Å². The summed E-state index contributed by atoms with van der Waals surface area (Å²) >= 11 is 22.1. The summed E-state index contributed by atoms with van der Waals surface area (Å²) in [5, 5.41) is 0.955. The standard InChI is InChI=1S/C14H10BrCl3/c1-8-6-9(2-4-12(8)15)14(18)11-7-10(16)3-5-13(11)17/h2-7,14H,1H3. The van der Waals surface area contributed by atoms with Gasteiger partial charge in [0.2, 0.25) is 0 Å². The molecule has 1 atom stereocenters. The second-order valence-corrected chi connectivity index (χ2v) is 6.17. The highest BCUT2D eigenvalue weighted by Gasteiger charge is 2.15. The van der Waals surface area contributed by atoms with E-state index in [1.54, 1.807) is 18.2 Å². The van der Waals surface area contributed by atoms with Crippen molar-refractivity contribution in [2.24, 2.45) is 0 Å². The van der Waals surface area contributed by atoms with E-state index in [2.05, 4.69) is 15.9 Å². The van der Waals surface area contributed by atoms with E-state index in [4.69, 9.17) is 34.8 Å². The maximum atomic E-state index is 6.47. The predicted molar refractivity (Wildman–Crippen MR) is 83.0 cm³/mol. The van der Waals surface area contributed by atoms with Crippen molar-refractivity contribution >= 4 is 50.7 Å². The molecular formula is C14H10BrCl3. The molecular weight excluding hydrogens is 354 g/mol. The summed E-state index contributed by atoms with van der Waals surface area (Å²) in [6.45, 7) is 2.02. The number of halogens is 4. The van der Waals surface area contributed by atoms with Gasteiger partial charge in [0.1, 0.15) is 0 Å². The number of benzene rings is 2. The van der Waals surface area contributed by atoms with Crippen LogP contribution in [-0.2, 0) is 0 Å². The molecule has 0 fully saturated rings. The van der Waals surface area contributed by atoms with Crippen molar-refractivity contribution in [3.63, 3.8) is 0 Å². The summed E-state index contributed by atoms with van der Waals surface area (Å²) < 4.78 is 1.06. The summed E-state index contributed by atoms with van der Waals surface area (Å²) in [7, 11) is 0. The number of hydrogen-bond acceptors (Lipinski definition) is 0. The summed E-state index contributed by atoms with van der Waals surface area (Å²) in [5.74, 6) is 0. The Morgan fingerprint density at radius 2 is 1.78 bits per heavy atom. The molecule has 94 valence electrons. The van der Waals surface area contributed by atoms with Gasteiger partial charge in [-0.25, -0.2) is 0 Å². The minimum Gasteiger partial charge on any atom is -0.113 e. The van der Waals surface area contributed by atoms with Gasteiger partial charge < -0.3 is 0 Å². The Bertz CT molecular complexity index is 581. The summed E-state index contributed by atoms with van der Waals surface area (Å²) in [6.07, 6.45) is 0. The molecule has 2 aromatic rings. The molecule has 4 heteroatoms. The molecule has 0 heterocycles. The molecule has 0 spiro atoms. The van der Waals surface area contributed by atoms with E-state index in [1.165, 1.54) is 0 Å². The maximum absolute atomic E-state index is 6.47. The van der Waals surface area contributed by atoms with E-state index >= 15 is 0 Å². The largest absolute Gasteiger partial charge is 0.113 e. The molecule has 0 saturated heterocycles. The zero-order valence-corrected chi connectivity index (χ0v) is 13.4. The average molecular weight is 364 g/mol. The van der Waals surface area contributed by atoms with Crippen LogP contribution in [0.15, 0.2) is 40.9 Å². The van der Waals surface area contributed by atoms with Crippen LogP contribution in [0.1, 0.15) is 22.1 Å². The fraction of sp³-hybridized carbons (Fsp3) is 0.143. The van der Waals surface area contributed by atoms with Gasteiger partial charge in [0.15, 0.2) is 0 Å². The van der Waals surface area contributed by atoms with Gasteiger partial charge in [-0.2, -0.15) is 0 Å². The van der Waals surface area contributed by atoms with Gasteiger partial charge in [-0.05, 0) is 47.9 Å². The lowest BCUT2D eigenvalue weighted by atomic mass is 10.0. The molecule has 0 aromatic heterocycles. The van der Waals surface area contributed by atoms with Crippen molar-refractivity contribution in [2.45, 2.75) is 12.3 Å². The highest BCUT2D eigenvalue weighted by Crippen LogP contribution is 2.36. The molecule has 0 aliphatic heterocycles. The SMILES string of the molecule is Cc1cc(C(Cl)c2cc(Cl)ccc2Cl)ccc1Br. The average Bonchev–Trinajstić information content (AvgIpc) is 2.35.